The fourth-order valence-electron chi connectivity index (χ4n) is 5.09. The first-order valence-electron chi connectivity index (χ1n) is 12.3. The summed E-state index contributed by atoms with van der Waals surface area (Å²) in [6.45, 7) is 1.89. The molecular formula is C30H24FN5O3. The number of hydrogen-bond donors (Lipinski definition) is 1. The fourth-order valence-corrected chi connectivity index (χ4v) is 5.09. The molecule has 1 aliphatic heterocycles. The Morgan fingerprint density at radius 3 is 2.64 bits per heavy atom. The predicted octanol–water partition coefficient (Wildman–Crippen LogP) is 5.57. The number of fused-ring (bicyclic) bond motifs is 2. The van der Waals surface area contributed by atoms with Gasteiger partial charge in [-0.2, -0.15) is 5.10 Å². The molecule has 1 aliphatic rings. The Morgan fingerprint density at radius 1 is 1.05 bits per heavy atom. The molecule has 8 nitrogen and oxygen atoms in total. The van der Waals surface area contributed by atoms with E-state index in [1.807, 2.05) is 55.5 Å². The van der Waals surface area contributed by atoms with Crippen molar-refractivity contribution in [3.05, 3.63) is 102 Å². The number of nitrogens with two attached hydrogens (primary N) is 1. The number of aromatic nitrogens is 4. The van der Waals surface area contributed by atoms with Crippen LogP contribution in [0, 0.1) is 5.82 Å². The first-order valence-corrected chi connectivity index (χ1v) is 12.3. The van der Waals surface area contributed by atoms with E-state index in [1.165, 1.54) is 18.5 Å². The summed E-state index contributed by atoms with van der Waals surface area (Å²) in [5, 5.41) is 5.50. The van der Waals surface area contributed by atoms with Gasteiger partial charge in [-0.05, 0) is 42.8 Å². The number of carbonyl (C=O) groups is 1. The molecule has 3 heterocycles. The van der Waals surface area contributed by atoms with Gasteiger partial charge in [-0.1, -0.05) is 42.5 Å². The van der Waals surface area contributed by atoms with E-state index in [4.69, 9.17) is 20.3 Å². The van der Waals surface area contributed by atoms with Crippen LogP contribution < -0.4 is 15.2 Å². The summed E-state index contributed by atoms with van der Waals surface area (Å²) >= 11 is 0. The number of aldehydes is 1. The van der Waals surface area contributed by atoms with Crippen LogP contribution in [-0.2, 0) is 4.79 Å². The summed E-state index contributed by atoms with van der Waals surface area (Å²) in [5.41, 5.74) is 9.97. The second-order valence-electron chi connectivity index (χ2n) is 9.20. The third-order valence-electron chi connectivity index (χ3n) is 6.93. The van der Waals surface area contributed by atoms with Crippen molar-refractivity contribution in [3.8, 4) is 22.8 Å². The van der Waals surface area contributed by atoms with E-state index < -0.39 is 17.8 Å². The fraction of sp³-hybridized carbons (Fsp3) is 0.133. The summed E-state index contributed by atoms with van der Waals surface area (Å²) in [6.07, 6.45) is 2.24. The van der Waals surface area contributed by atoms with Crippen LogP contribution in [0.5, 0.6) is 11.5 Å². The van der Waals surface area contributed by atoms with Crippen LogP contribution in [-0.4, -0.2) is 33.1 Å². The predicted molar refractivity (Wildman–Crippen MR) is 146 cm³/mol. The molecule has 2 aromatic heterocycles. The van der Waals surface area contributed by atoms with Crippen LogP contribution in [0.25, 0.3) is 27.9 Å². The smallest absolute Gasteiger partial charge is 0.164 e. The minimum Gasteiger partial charge on any atom is -0.497 e. The SMILES string of the molecule is COc1cccc(-c2nn(C(C)C3=C(c4cccc(F)c4)C(C=O)c4ccccc4O3)c3ncnc(N)c23)c1. The van der Waals surface area contributed by atoms with Crippen molar-refractivity contribution in [2.45, 2.75) is 18.9 Å². The first-order chi connectivity index (χ1) is 19.0. The van der Waals surface area contributed by atoms with E-state index in [2.05, 4.69) is 9.97 Å². The summed E-state index contributed by atoms with van der Waals surface area (Å²) in [5.74, 6) is 0.854. The quantitative estimate of drug-likeness (QED) is 0.291. The van der Waals surface area contributed by atoms with Crippen molar-refractivity contribution < 1.29 is 18.7 Å². The van der Waals surface area contributed by atoms with Crippen molar-refractivity contribution in [2.75, 3.05) is 12.8 Å². The van der Waals surface area contributed by atoms with Gasteiger partial charge in [-0.3, -0.25) is 0 Å². The van der Waals surface area contributed by atoms with E-state index in [0.717, 1.165) is 11.8 Å². The van der Waals surface area contributed by atoms with Gasteiger partial charge in [0.05, 0.1) is 18.4 Å². The molecule has 0 spiro atoms. The monoisotopic (exact) mass is 521 g/mol. The van der Waals surface area contributed by atoms with Gasteiger partial charge in [0.25, 0.3) is 0 Å². The van der Waals surface area contributed by atoms with Crippen LogP contribution in [0.15, 0.2) is 84.9 Å². The maximum absolute atomic E-state index is 14.4. The number of nitrogen functional groups attached to an aromatic ring is 1. The van der Waals surface area contributed by atoms with Crippen LogP contribution >= 0.6 is 0 Å². The number of halogens is 1. The lowest BCUT2D eigenvalue weighted by molar-refractivity contribution is -0.108. The average molecular weight is 522 g/mol. The Hall–Kier alpha value is -5.05. The Labute approximate surface area is 223 Å². The molecule has 0 saturated heterocycles. The molecule has 39 heavy (non-hydrogen) atoms. The minimum atomic E-state index is -0.673. The number of benzene rings is 3. The molecule has 0 aliphatic carbocycles. The molecule has 6 rings (SSSR count). The molecule has 0 radical (unpaired) electrons. The Morgan fingerprint density at radius 2 is 1.85 bits per heavy atom. The molecule has 0 amide bonds. The second kappa shape index (κ2) is 9.68. The van der Waals surface area contributed by atoms with Crippen LogP contribution in [0.1, 0.15) is 30.0 Å². The van der Waals surface area contributed by atoms with Crippen LogP contribution in [0.4, 0.5) is 10.2 Å². The van der Waals surface area contributed by atoms with Gasteiger partial charge in [0.1, 0.15) is 53.2 Å². The lowest BCUT2D eigenvalue weighted by Crippen LogP contribution is -2.23. The third kappa shape index (κ3) is 4.08. The lowest BCUT2D eigenvalue weighted by atomic mass is 9.83. The molecule has 3 aromatic carbocycles. The zero-order valence-electron chi connectivity index (χ0n) is 21.2. The molecule has 2 atom stereocenters. The van der Waals surface area contributed by atoms with Gasteiger partial charge in [0.2, 0.25) is 0 Å². The highest BCUT2D eigenvalue weighted by Gasteiger charge is 2.35. The van der Waals surface area contributed by atoms with Gasteiger partial charge in [-0.25, -0.2) is 19.0 Å². The molecule has 0 fully saturated rings. The molecule has 0 saturated carbocycles. The van der Waals surface area contributed by atoms with Gasteiger partial charge in [0.15, 0.2) is 5.65 Å². The van der Waals surface area contributed by atoms with E-state index in [1.54, 1.807) is 23.9 Å². The van der Waals surface area contributed by atoms with E-state index >= 15 is 0 Å². The Kier molecular flexibility index (Phi) is 6.03. The number of ether oxygens (including phenoxy) is 2. The van der Waals surface area contributed by atoms with Crippen LogP contribution in [0.3, 0.4) is 0 Å². The highest BCUT2D eigenvalue weighted by Crippen LogP contribution is 2.46. The summed E-state index contributed by atoms with van der Waals surface area (Å²) in [4.78, 5) is 21.3. The van der Waals surface area contributed by atoms with Crippen molar-refractivity contribution in [2.24, 2.45) is 0 Å². The molecule has 2 N–H and O–H groups in total. The minimum absolute atomic E-state index is 0.274. The standard InChI is InChI=1S/C30H24FN5O3/c1-17(36-30-26(29(32)33-16-34-30)27(35-36)19-8-6-10-21(14-19)38-2)28-25(18-7-5-9-20(31)13-18)23(15-37)22-11-3-4-12-24(22)39-28/h3-17,23H,1-2H3,(H2,32,33,34). The number of methoxy groups -OCH3 is 1. The lowest BCUT2D eigenvalue weighted by Gasteiger charge is -2.31. The molecular weight excluding hydrogens is 497 g/mol. The number of para-hydroxylation sites is 1. The van der Waals surface area contributed by atoms with Gasteiger partial charge in [-0.15, -0.1) is 0 Å². The number of anilines is 1. The first kappa shape index (κ1) is 24.3. The van der Waals surface area contributed by atoms with E-state index in [9.17, 15) is 9.18 Å². The zero-order chi connectivity index (χ0) is 27.1. The third-order valence-corrected chi connectivity index (χ3v) is 6.93. The summed E-state index contributed by atoms with van der Waals surface area (Å²) in [7, 11) is 1.59. The maximum Gasteiger partial charge on any atom is 0.164 e. The molecule has 9 heteroatoms. The average Bonchev–Trinajstić information content (AvgIpc) is 3.37. The van der Waals surface area contributed by atoms with Crippen molar-refractivity contribution >= 4 is 28.7 Å². The van der Waals surface area contributed by atoms with E-state index in [0.29, 0.717) is 50.7 Å². The highest BCUT2D eigenvalue weighted by molar-refractivity contribution is 5.98. The molecule has 194 valence electrons. The van der Waals surface area contributed by atoms with Crippen molar-refractivity contribution in [1.82, 2.24) is 19.7 Å². The number of nitrogens with zero attached hydrogens (tertiary/aromatic N) is 4. The highest BCUT2D eigenvalue weighted by atomic mass is 19.1. The topological polar surface area (TPSA) is 105 Å². The van der Waals surface area contributed by atoms with Crippen molar-refractivity contribution in [1.29, 1.82) is 0 Å². The number of hydrogen-bond acceptors (Lipinski definition) is 7. The Bertz CT molecular complexity index is 1760. The molecule has 0 bridgehead atoms. The zero-order valence-corrected chi connectivity index (χ0v) is 21.2. The number of carbonyl (C=O) groups excluding carboxylic acids is 1. The summed E-state index contributed by atoms with van der Waals surface area (Å²) < 4.78 is 28.0. The number of rotatable bonds is 6. The maximum atomic E-state index is 14.4. The Balaban J connectivity index is 1.60. The van der Waals surface area contributed by atoms with Gasteiger partial charge in [0, 0.05) is 16.7 Å². The normalized spacial score (nSPS) is 15.5. The second-order valence-corrected chi connectivity index (χ2v) is 9.20. The largest absolute Gasteiger partial charge is 0.497 e. The molecule has 5 aromatic rings. The number of allylic oxidation sites excluding steroid dienone is 2. The van der Waals surface area contributed by atoms with Gasteiger partial charge < -0.3 is 20.0 Å². The van der Waals surface area contributed by atoms with E-state index in [-0.39, 0.29) is 5.82 Å². The molecule has 2 unspecified atom stereocenters. The van der Waals surface area contributed by atoms with Gasteiger partial charge >= 0.3 is 0 Å². The van der Waals surface area contributed by atoms with Crippen molar-refractivity contribution in [3.63, 3.8) is 0 Å². The van der Waals surface area contributed by atoms with Crippen LogP contribution in [0.2, 0.25) is 0 Å². The summed E-state index contributed by atoms with van der Waals surface area (Å²) in [6, 6.07) is 20.4.